The molecular weight excluding hydrogens is 83.5 g/mol. The molecule has 32 valence electrons. The van der Waals surface area contributed by atoms with Gasteiger partial charge in [0.25, 0.3) is 0 Å². The highest BCUT2D eigenvalue weighted by atomic mass is 35.5. The molecule has 0 spiro atoms. The van der Waals surface area contributed by atoms with Gasteiger partial charge >= 0.3 is 0 Å². The minimum absolute atomic E-state index is 0. The molecule has 5 heavy (non-hydrogen) atoms. The van der Waals surface area contributed by atoms with E-state index in [-0.39, 0.29) is 7.43 Å². The van der Waals surface area contributed by atoms with Crippen molar-refractivity contribution in [1.29, 1.82) is 0 Å². The zero-order chi connectivity index (χ0) is 3.41. The molecule has 0 bridgehead atoms. The number of halogens is 1. The maximum absolute atomic E-state index is 5.01. The second-order valence-electron chi connectivity index (χ2n) is 0.459. The highest BCUT2D eigenvalue weighted by Crippen LogP contribution is 1.70. The molecule has 0 saturated heterocycles. The Morgan fingerprint density at radius 1 is 1.60 bits per heavy atom. The third-order valence-corrected chi connectivity index (χ3v) is 0.378. The summed E-state index contributed by atoms with van der Waals surface area (Å²) in [6, 6.07) is 0. The van der Waals surface area contributed by atoms with Crippen molar-refractivity contribution in [2.45, 2.75) is 14.4 Å². The molecule has 0 unspecified atom stereocenters. The van der Waals surface area contributed by atoms with Crippen molar-refractivity contribution in [3.63, 3.8) is 0 Å². The lowest BCUT2D eigenvalue weighted by Crippen LogP contribution is -1.20. The van der Waals surface area contributed by atoms with Gasteiger partial charge in [0, 0.05) is 0 Å². The summed E-state index contributed by atoms with van der Waals surface area (Å²) in [5.74, 6) is 0. The molecule has 0 rings (SSSR count). The molecular formula is C4H9Cl. The van der Waals surface area contributed by atoms with Gasteiger partial charge in [0.15, 0.2) is 0 Å². The van der Waals surface area contributed by atoms with Crippen LogP contribution in [0.1, 0.15) is 14.4 Å². The van der Waals surface area contributed by atoms with Gasteiger partial charge in [-0.3, -0.25) is 0 Å². The SMILES string of the molecule is C.CC=CCl. The Kier molecular flexibility index (Phi) is 16.0. The maximum atomic E-state index is 5.01. The first kappa shape index (κ1) is 8.90. The summed E-state index contributed by atoms with van der Waals surface area (Å²) >= 11 is 5.01. The van der Waals surface area contributed by atoms with Crippen molar-refractivity contribution >= 4 is 11.6 Å². The third kappa shape index (κ3) is 15.7. The monoisotopic (exact) mass is 92.0 g/mol. The average molecular weight is 92.6 g/mol. The Hall–Kier alpha value is 0.0300. The normalized spacial score (nSPS) is 7.60. The van der Waals surface area contributed by atoms with E-state index in [2.05, 4.69) is 0 Å². The fourth-order valence-electron chi connectivity index (χ4n) is 0. The Morgan fingerprint density at radius 2 is 1.80 bits per heavy atom. The molecule has 0 aromatic rings. The Bertz CT molecular complexity index is 18.8. The minimum atomic E-state index is 0. The van der Waals surface area contributed by atoms with Crippen molar-refractivity contribution < 1.29 is 0 Å². The summed E-state index contributed by atoms with van der Waals surface area (Å²) in [5, 5.41) is 0. The lowest BCUT2D eigenvalue weighted by atomic mass is 10.8. The first-order valence-electron chi connectivity index (χ1n) is 1.13. The van der Waals surface area contributed by atoms with E-state index in [0.29, 0.717) is 0 Å². The topological polar surface area (TPSA) is 0 Å². The standard InChI is InChI=1S/C3H5Cl.CH4/c1-2-3-4;/h2-3H,1H3;1H4. The second-order valence-corrected chi connectivity index (χ2v) is 0.711. The molecule has 0 nitrogen and oxygen atoms in total. The van der Waals surface area contributed by atoms with Crippen LogP contribution in [0.2, 0.25) is 0 Å². The zero-order valence-electron chi connectivity index (χ0n) is 2.53. The van der Waals surface area contributed by atoms with Crippen molar-refractivity contribution in [3.05, 3.63) is 11.6 Å². The Morgan fingerprint density at radius 3 is 1.80 bits per heavy atom. The van der Waals surface area contributed by atoms with Crippen molar-refractivity contribution in [2.24, 2.45) is 0 Å². The number of rotatable bonds is 0. The lowest BCUT2D eigenvalue weighted by molar-refractivity contribution is 1.78. The number of allylic oxidation sites excluding steroid dienone is 1. The van der Waals surface area contributed by atoms with E-state index in [1.54, 1.807) is 6.08 Å². The van der Waals surface area contributed by atoms with Crippen LogP contribution in [-0.2, 0) is 0 Å². The molecule has 0 fully saturated rings. The van der Waals surface area contributed by atoms with E-state index in [1.807, 2.05) is 6.92 Å². The third-order valence-electron chi connectivity index (χ3n) is 0.126. The van der Waals surface area contributed by atoms with Gasteiger partial charge < -0.3 is 0 Å². The fourth-order valence-corrected chi connectivity index (χ4v) is 0. The first-order valence-corrected chi connectivity index (χ1v) is 1.57. The van der Waals surface area contributed by atoms with Crippen molar-refractivity contribution in [2.75, 3.05) is 0 Å². The van der Waals surface area contributed by atoms with E-state index in [1.165, 1.54) is 5.54 Å². The molecule has 0 aliphatic rings. The Balaban J connectivity index is 0. The van der Waals surface area contributed by atoms with Crippen LogP contribution in [0.25, 0.3) is 0 Å². The second kappa shape index (κ2) is 8.98. The van der Waals surface area contributed by atoms with Crippen molar-refractivity contribution in [3.8, 4) is 0 Å². The molecule has 0 aromatic heterocycles. The lowest BCUT2D eigenvalue weighted by Gasteiger charge is -1.46. The van der Waals surface area contributed by atoms with Crippen LogP contribution in [0.5, 0.6) is 0 Å². The van der Waals surface area contributed by atoms with E-state index in [0.717, 1.165) is 0 Å². The number of hydrogen-bond donors (Lipinski definition) is 0. The van der Waals surface area contributed by atoms with Crippen LogP contribution < -0.4 is 0 Å². The van der Waals surface area contributed by atoms with Crippen molar-refractivity contribution in [1.82, 2.24) is 0 Å². The molecule has 0 atom stereocenters. The summed E-state index contributed by atoms with van der Waals surface area (Å²) in [4.78, 5) is 0. The van der Waals surface area contributed by atoms with Gasteiger partial charge in [0.05, 0.1) is 0 Å². The molecule has 1 heteroatoms. The van der Waals surface area contributed by atoms with Crippen LogP contribution in [0.3, 0.4) is 0 Å². The summed E-state index contributed by atoms with van der Waals surface area (Å²) < 4.78 is 0. The molecule has 0 N–H and O–H groups in total. The van der Waals surface area contributed by atoms with Crippen LogP contribution in [-0.4, -0.2) is 0 Å². The highest BCUT2D eigenvalue weighted by molar-refractivity contribution is 6.25. The smallest absolute Gasteiger partial charge is 0.0000330 e. The van der Waals surface area contributed by atoms with E-state index >= 15 is 0 Å². The van der Waals surface area contributed by atoms with Gasteiger partial charge in [0.2, 0.25) is 0 Å². The van der Waals surface area contributed by atoms with Crippen LogP contribution in [0.15, 0.2) is 11.6 Å². The van der Waals surface area contributed by atoms with Gasteiger partial charge in [-0.15, -0.1) is 0 Å². The van der Waals surface area contributed by atoms with Crippen LogP contribution in [0, 0.1) is 0 Å². The van der Waals surface area contributed by atoms with Gasteiger partial charge in [0.1, 0.15) is 0 Å². The predicted molar refractivity (Wildman–Crippen MR) is 27.4 cm³/mol. The quantitative estimate of drug-likeness (QED) is 0.431. The minimum Gasteiger partial charge on any atom is -0.0933 e. The number of hydrogen-bond acceptors (Lipinski definition) is 0. The van der Waals surface area contributed by atoms with E-state index in [9.17, 15) is 0 Å². The molecule has 0 heterocycles. The maximum Gasteiger partial charge on any atom is -0.0000330 e. The fraction of sp³-hybridized carbons (Fsp3) is 0.500. The zero-order valence-corrected chi connectivity index (χ0v) is 3.29. The molecule has 0 aliphatic heterocycles. The van der Waals surface area contributed by atoms with Gasteiger partial charge in [-0.1, -0.05) is 25.1 Å². The molecule has 0 aliphatic carbocycles. The van der Waals surface area contributed by atoms with E-state index < -0.39 is 0 Å². The first-order chi connectivity index (χ1) is 1.91. The van der Waals surface area contributed by atoms with Gasteiger partial charge in [-0.05, 0) is 12.5 Å². The highest BCUT2D eigenvalue weighted by Gasteiger charge is 1.37. The molecule has 0 saturated carbocycles. The summed E-state index contributed by atoms with van der Waals surface area (Å²) in [6.07, 6.45) is 1.77. The molecule has 0 amide bonds. The van der Waals surface area contributed by atoms with E-state index in [4.69, 9.17) is 11.6 Å². The molecule has 0 aromatic carbocycles. The van der Waals surface area contributed by atoms with Crippen LogP contribution in [0.4, 0.5) is 0 Å². The summed E-state index contributed by atoms with van der Waals surface area (Å²) in [6.45, 7) is 1.87. The van der Waals surface area contributed by atoms with Gasteiger partial charge in [-0.2, -0.15) is 0 Å². The predicted octanol–water partition coefficient (Wildman–Crippen LogP) is 2.39. The molecule has 0 radical (unpaired) electrons. The van der Waals surface area contributed by atoms with Gasteiger partial charge in [-0.25, -0.2) is 0 Å². The summed E-state index contributed by atoms with van der Waals surface area (Å²) in [7, 11) is 0. The Labute approximate surface area is 38.5 Å². The average Bonchev–Trinajstić information content (AvgIpc) is 1.37. The summed E-state index contributed by atoms with van der Waals surface area (Å²) in [5.41, 5.74) is 1.47. The largest absolute Gasteiger partial charge is 0.0933 e. The van der Waals surface area contributed by atoms with Crippen LogP contribution >= 0.6 is 11.6 Å².